The van der Waals surface area contributed by atoms with Gasteiger partial charge in [-0.15, -0.1) is 11.3 Å². The molecule has 0 bridgehead atoms. The van der Waals surface area contributed by atoms with Crippen molar-refractivity contribution in [2.45, 2.75) is 17.3 Å². The maximum absolute atomic E-state index is 12.4. The van der Waals surface area contributed by atoms with Crippen LogP contribution in [0.1, 0.15) is 11.1 Å². The third kappa shape index (κ3) is 3.43. The SMILES string of the molecule is CNCc1csc(S(=O)(=O)N(C)Cc2ccsc2)c1. The Morgan fingerprint density at radius 2 is 2.11 bits per heavy atom. The van der Waals surface area contributed by atoms with Crippen LogP contribution in [0.5, 0.6) is 0 Å². The Balaban J connectivity index is 2.16. The molecule has 2 rings (SSSR count). The van der Waals surface area contributed by atoms with E-state index in [1.165, 1.54) is 15.6 Å². The highest BCUT2D eigenvalue weighted by molar-refractivity contribution is 7.91. The highest BCUT2D eigenvalue weighted by Crippen LogP contribution is 2.24. The lowest BCUT2D eigenvalue weighted by molar-refractivity contribution is 0.469. The van der Waals surface area contributed by atoms with Crippen molar-refractivity contribution in [2.24, 2.45) is 0 Å². The van der Waals surface area contributed by atoms with E-state index in [-0.39, 0.29) is 0 Å². The zero-order chi connectivity index (χ0) is 13.9. The minimum Gasteiger partial charge on any atom is -0.316 e. The molecule has 0 radical (unpaired) electrons. The second kappa shape index (κ2) is 6.15. The fourth-order valence-corrected chi connectivity index (χ4v) is 4.90. The molecule has 0 fully saturated rings. The molecule has 104 valence electrons. The Morgan fingerprint density at radius 3 is 2.74 bits per heavy atom. The van der Waals surface area contributed by atoms with Crippen molar-refractivity contribution in [1.82, 2.24) is 9.62 Å². The third-order valence-corrected chi connectivity index (χ3v) is 6.66. The highest BCUT2D eigenvalue weighted by atomic mass is 32.2. The molecule has 4 nitrogen and oxygen atoms in total. The fraction of sp³-hybridized carbons (Fsp3) is 0.333. The molecule has 0 saturated heterocycles. The molecule has 0 aromatic carbocycles. The normalized spacial score (nSPS) is 12.2. The van der Waals surface area contributed by atoms with Gasteiger partial charge < -0.3 is 5.32 Å². The van der Waals surface area contributed by atoms with Gasteiger partial charge in [0.2, 0.25) is 0 Å². The molecular formula is C12H16N2O2S3. The molecule has 0 unspecified atom stereocenters. The number of sulfonamides is 1. The summed E-state index contributed by atoms with van der Waals surface area (Å²) in [5.74, 6) is 0. The smallest absolute Gasteiger partial charge is 0.252 e. The van der Waals surface area contributed by atoms with Gasteiger partial charge in [0.15, 0.2) is 0 Å². The Labute approximate surface area is 121 Å². The summed E-state index contributed by atoms with van der Waals surface area (Å²) in [5, 5.41) is 8.81. The number of nitrogens with one attached hydrogen (secondary N) is 1. The van der Waals surface area contributed by atoms with Gasteiger partial charge in [-0.3, -0.25) is 0 Å². The molecule has 0 aliphatic rings. The fourth-order valence-electron chi connectivity index (χ4n) is 1.66. The Hall–Kier alpha value is -0.730. The summed E-state index contributed by atoms with van der Waals surface area (Å²) < 4.78 is 26.6. The summed E-state index contributed by atoms with van der Waals surface area (Å²) in [5.41, 5.74) is 2.01. The molecule has 0 atom stereocenters. The lowest BCUT2D eigenvalue weighted by atomic mass is 10.3. The zero-order valence-electron chi connectivity index (χ0n) is 10.8. The van der Waals surface area contributed by atoms with Crippen LogP contribution < -0.4 is 5.32 Å². The van der Waals surface area contributed by atoms with E-state index in [2.05, 4.69) is 5.32 Å². The van der Waals surface area contributed by atoms with Crippen LogP contribution >= 0.6 is 22.7 Å². The molecule has 0 amide bonds. The first-order valence-electron chi connectivity index (χ1n) is 5.73. The molecule has 19 heavy (non-hydrogen) atoms. The van der Waals surface area contributed by atoms with Crippen LogP contribution in [-0.4, -0.2) is 26.8 Å². The summed E-state index contributed by atoms with van der Waals surface area (Å²) in [6.07, 6.45) is 0. The average Bonchev–Trinajstić information content (AvgIpc) is 3.00. The Kier molecular flexibility index (Phi) is 4.75. The summed E-state index contributed by atoms with van der Waals surface area (Å²) >= 11 is 2.84. The third-order valence-electron chi connectivity index (χ3n) is 2.66. The van der Waals surface area contributed by atoms with Gasteiger partial charge in [-0.05, 0) is 46.4 Å². The number of thiophene rings is 2. The first kappa shape index (κ1) is 14.7. The van der Waals surface area contributed by atoms with E-state index in [1.807, 2.05) is 29.3 Å². The van der Waals surface area contributed by atoms with Gasteiger partial charge in [-0.2, -0.15) is 15.6 Å². The lowest BCUT2D eigenvalue weighted by Crippen LogP contribution is -2.25. The molecule has 0 saturated carbocycles. The van der Waals surface area contributed by atoms with Gasteiger partial charge in [0.05, 0.1) is 0 Å². The molecular weight excluding hydrogens is 300 g/mol. The molecule has 1 N–H and O–H groups in total. The van der Waals surface area contributed by atoms with Crippen LogP contribution in [0.4, 0.5) is 0 Å². The van der Waals surface area contributed by atoms with Gasteiger partial charge in [-0.25, -0.2) is 8.42 Å². The number of hydrogen-bond acceptors (Lipinski definition) is 5. The first-order valence-corrected chi connectivity index (χ1v) is 8.99. The largest absolute Gasteiger partial charge is 0.316 e. The summed E-state index contributed by atoms with van der Waals surface area (Å²) in [6, 6.07) is 3.68. The summed E-state index contributed by atoms with van der Waals surface area (Å²) in [7, 11) is 0.0735. The van der Waals surface area contributed by atoms with Crippen molar-refractivity contribution in [1.29, 1.82) is 0 Å². The van der Waals surface area contributed by atoms with Gasteiger partial charge in [-0.1, -0.05) is 0 Å². The predicted octanol–water partition coefficient (Wildman–Crippen LogP) is 2.35. The van der Waals surface area contributed by atoms with Gasteiger partial charge >= 0.3 is 0 Å². The molecule has 2 aromatic rings. The van der Waals surface area contributed by atoms with E-state index in [1.54, 1.807) is 24.5 Å². The van der Waals surface area contributed by atoms with Crippen LogP contribution in [0.15, 0.2) is 32.5 Å². The van der Waals surface area contributed by atoms with Crippen molar-refractivity contribution in [3.8, 4) is 0 Å². The average molecular weight is 316 g/mol. The van der Waals surface area contributed by atoms with E-state index >= 15 is 0 Å². The summed E-state index contributed by atoms with van der Waals surface area (Å²) in [4.78, 5) is 0. The Bertz CT molecular complexity index is 617. The van der Waals surface area contributed by atoms with Crippen molar-refractivity contribution >= 4 is 32.7 Å². The van der Waals surface area contributed by atoms with E-state index in [4.69, 9.17) is 0 Å². The molecule has 0 aliphatic heterocycles. The highest BCUT2D eigenvalue weighted by Gasteiger charge is 2.22. The summed E-state index contributed by atoms with van der Waals surface area (Å²) in [6.45, 7) is 1.09. The maximum atomic E-state index is 12.4. The Morgan fingerprint density at radius 1 is 1.32 bits per heavy atom. The zero-order valence-corrected chi connectivity index (χ0v) is 13.2. The number of hydrogen-bond donors (Lipinski definition) is 1. The predicted molar refractivity (Wildman–Crippen MR) is 80.1 cm³/mol. The minimum absolute atomic E-state index is 0.399. The van der Waals surface area contributed by atoms with Gasteiger partial charge in [0.25, 0.3) is 10.0 Å². The molecule has 2 heterocycles. The minimum atomic E-state index is -3.38. The first-order chi connectivity index (χ1) is 9.04. The topological polar surface area (TPSA) is 49.4 Å². The van der Waals surface area contributed by atoms with Crippen molar-refractivity contribution in [3.05, 3.63) is 39.4 Å². The second-order valence-corrected chi connectivity index (χ2v) is 8.16. The lowest BCUT2D eigenvalue weighted by Gasteiger charge is -2.15. The second-order valence-electron chi connectivity index (χ2n) is 4.20. The van der Waals surface area contributed by atoms with Crippen LogP contribution in [0.2, 0.25) is 0 Å². The quantitative estimate of drug-likeness (QED) is 0.890. The van der Waals surface area contributed by atoms with Crippen LogP contribution in [0, 0.1) is 0 Å². The monoisotopic (exact) mass is 316 g/mol. The van der Waals surface area contributed by atoms with Crippen LogP contribution in [0.3, 0.4) is 0 Å². The molecule has 7 heteroatoms. The van der Waals surface area contributed by atoms with E-state index in [9.17, 15) is 8.42 Å². The van der Waals surface area contributed by atoms with Gasteiger partial charge in [0.1, 0.15) is 4.21 Å². The van der Waals surface area contributed by atoms with Crippen molar-refractivity contribution in [3.63, 3.8) is 0 Å². The molecule has 0 spiro atoms. The van der Waals surface area contributed by atoms with Gasteiger partial charge in [0, 0.05) is 20.1 Å². The molecule has 0 aliphatic carbocycles. The van der Waals surface area contributed by atoms with E-state index in [0.717, 1.165) is 11.1 Å². The number of nitrogens with zero attached hydrogens (tertiary/aromatic N) is 1. The maximum Gasteiger partial charge on any atom is 0.252 e. The standard InChI is InChI=1S/C12H16N2O2S3/c1-13-6-11-5-12(18-9-11)19(15,16)14(2)7-10-3-4-17-8-10/h3-5,8-9,13H,6-7H2,1-2H3. The van der Waals surface area contributed by atoms with E-state index in [0.29, 0.717) is 17.3 Å². The van der Waals surface area contributed by atoms with Crippen molar-refractivity contribution < 1.29 is 8.42 Å². The van der Waals surface area contributed by atoms with Crippen LogP contribution in [-0.2, 0) is 23.1 Å². The van der Waals surface area contributed by atoms with Crippen molar-refractivity contribution in [2.75, 3.05) is 14.1 Å². The molecule has 2 aromatic heterocycles. The van der Waals surface area contributed by atoms with E-state index < -0.39 is 10.0 Å². The number of rotatable bonds is 6. The van der Waals surface area contributed by atoms with Crippen LogP contribution in [0.25, 0.3) is 0 Å².